The summed E-state index contributed by atoms with van der Waals surface area (Å²) < 4.78 is 46.2. The smallest absolute Gasteiger partial charge is 0.359 e. The molecule has 0 saturated carbocycles. The van der Waals surface area contributed by atoms with Gasteiger partial charge in [-0.2, -0.15) is 13.2 Å². The second-order valence-corrected chi connectivity index (χ2v) is 13.0. The molecule has 0 N–H and O–H groups in total. The number of aromatic nitrogens is 4. The fourth-order valence-electron chi connectivity index (χ4n) is 1.79. The highest BCUT2D eigenvalue weighted by molar-refractivity contribution is 9.10. The van der Waals surface area contributed by atoms with Gasteiger partial charge in [0.05, 0.1) is 0 Å². The monoisotopic (exact) mass is 422 g/mol. The summed E-state index contributed by atoms with van der Waals surface area (Å²) in [5.41, 5.74) is 0.268. The normalized spacial score (nSPS) is 12.6. The summed E-state index contributed by atoms with van der Waals surface area (Å²) in [7, 11) is -1.31. The molecular formula is C14H18BrF3N4OSi. The van der Waals surface area contributed by atoms with Crippen LogP contribution in [0.5, 0.6) is 0 Å². The lowest BCUT2D eigenvalue weighted by atomic mass is 10.3. The maximum atomic E-state index is 13.1. The summed E-state index contributed by atoms with van der Waals surface area (Å²) in [6.45, 7) is 6.63. The number of ether oxygens (including phenoxy) is 1. The summed E-state index contributed by atoms with van der Waals surface area (Å²) in [5.74, 6) is -1.17. The van der Waals surface area contributed by atoms with Crippen LogP contribution in [0, 0.1) is 0 Å². The van der Waals surface area contributed by atoms with Crippen molar-refractivity contribution in [1.82, 2.24) is 19.7 Å². The molecule has 0 spiro atoms. The Morgan fingerprint density at radius 2 is 1.96 bits per heavy atom. The Hall–Kier alpha value is -1.26. The Morgan fingerprint density at radius 1 is 1.25 bits per heavy atom. The van der Waals surface area contributed by atoms with Crippen LogP contribution in [0.15, 0.2) is 22.8 Å². The van der Waals surface area contributed by atoms with Gasteiger partial charge < -0.3 is 4.74 Å². The Balaban J connectivity index is 2.18. The quantitative estimate of drug-likeness (QED) is 0.510. The first-order valence-electron chi connectivity index (χ1n) is 7.28. The van der Waals surface area contributed by atoms with Crippen LogP contribution >= 0.6 is 15.9 Å². The van der Waals surface area contributed by atoms with Gasteiger partial charge in [-0.15, -0.1) is 5.10 Å². The molecule has 10 heteroatoms. The van der Waals surface area contributed by atoms with Gasteiger partial charge in [0, 0.05) is 25.4 Å². The van der Waals surface area contributed by atoms with Gasteiger partial charge in [0.1, 0.15) is 12.4 Å². The van der Waals surface area contributed by atoms with Gasteiger partial charge in [0.15, 0.2) is 5.82 Å². The molecule has 0 amide bonds. The van der Waals surface area contributed by atoms with Crippen molar-refractivity contribution >= 4 is 24.0 Å². The van der Waals surface area contributed by atoms with E-state index in [1.807, 2.05) is 0 Å². The molecule has 0 radical (unpaired) electrons. The number of hydrogen-bond donors (Lipinski definition) is 0. The second kappa shape index (κ2) is 7.32. The highest BCUT2D eigenvalue weighted by Crippen LogP contribution is 2.29. The third-order valence-corrected chi connectivity index (χ3v) is 5.26. The average molecular weight is 423 g/mol. The van der Waals surface area contributed by atoms with Gasteiger partial charge in [0.2, 0.25) is 5.82 Å². The molecule has 0 fully saturated rings. The highest BCUT2D eigenvalue weighted by Gasteiger charge is 2.38. The Kier molecular flexibility index (Phi) is 5.81. The summed E-state index contributed by atoms with van der Waals surface area (Å²) in [5, 5.41) is 3.90. The Bertz CT molecular complexity index is 683. The molecule has 2 heterocycles. The van der Waals surface area contributed by atoms with Crippen LogP contribution in [-0.2, 0) is 17.6 Å². The number of nitrogens with zero attached hydrogens (tertiary/aromatic N) is 4. The number of alkyl halides is 3. The maximum Gasteiger partial charge on any atom is 0.451 e. The van der Waals surface area contributed by atoms with Crippen LogP contribution in [0.25, 0.3) is 11.5 Å². The molecule has 0 aliphatic rings. The van der Waals surface area contributed by atoms with Crippen molar-refractivity contribution in [3.05, 3.63) is 28.6 Å². The van der Waals surface area contributed by atoms with E-state index in [4.69, 9.17) is 4.74 Å². The minimum absolute atomic E-state index is 0.0800. The predicted molar refractivity (Wildman–Crippen MR) is 90.1 cm³/mol. The Morgan fingerprint density at radius 3 is 2.50 bits per heavy atom. The molecule has 2 aromatic rings. The summed E-state index contributed by atoms with van der Waals surface area (Å²) in [4.78, 5) is 7.61. The lowest BCUT2D eigenvalue weighted by Gasteiger charge is -2.15. The van der Waals surface area contributed by atoms with Gasteiger partial charge in [0.25, 0.3) is 0 Å². The standard InChI is InChI=1S/C14H18BrF3N4OSi/c1-24(2,3)7-6-23-9-22-13(14(16,17)18)20-12(21-22)11-5-4-10(15)8-19-11/h4-5,8H,6-7,9H2,1-3H3. The van der Waals surface area contributed by atoms with Crippen LogP contribution in [0.2, 0.25) is 25.7 Å². The molecular weight excluding hydrogens is 405 g/mol. The topological polar surface area (TPSA) is 52.8 Å². The van der Waals surface area contributed by atoms with Crippen molar-refractivity contribution in [2.24, 2.45) is 0 Å². The third kappa shape index (κ3) is 5.38. The molecule has 2 aromatic heterocycles. The van der Waals surface area contributed by atoms with Gasteiger partial charge in [-0.1, -0.05) is 19.6 Å². The lowest BCUT2D eigenvalue weighted by Crippen LogP contribution is -2.23. The first-order valence-corrected chi connectivity index (χ1v) is 11.8. The largest absolute Gasteiger partial charge is 0.451 e. The van der Waals surface area contributed by atoms with E-state index in [-0.39, 0.29) is 18.2 Å². The molecule has 0 aromatic carbocycles. The molecule has 2 rings (SSSR count). The average Bonchev–Trinajstić information content (AvgIpc) is 2.88. The molecule has 132 valence electrons. The number of rotatable bonds is 6. The van der Waals surface area contributed by atoms with Crippen molar-refractivity contribution in [1.29, 1.82) is 0 Å². The maximum absolute atomic E-state index is 13.1. The predicted octanol–water partition coefficient (Wildman–Crippen LogP) is 4.43. The first-order chi connectivity index (χ1) is 11.1. The van der Waals surface area contributed by atoms with Gasteiger partial charge in [-0.05, 0) is 34.1 Å². The summed E-state index contributed by atoms with van der Waals surface area (Å²) in [6.07, 6.45) is -3.13. The zero-order chi connectivity index (χ0) is 18.0. The van der Waals surface area contributed by atoms with E-state index >= 15 is 0 Å². The van der Waals surface area contributed by atoms with E-state index in [9.17, 15) is 13.2 Å². The van der Waals surface area contributed by atoms with E-state index in [0.29, 0.717) is 6.61 Å². The molecule has 0 bridgehead atoms. The van der Waals surface area contributed by atoms with Crippen LogP contribution in [0.4, 0.5) is 13.2 Å². The van der Waals surface area contributed by atoms with E-state index < -0.39 is 20.1 Å². The fourth-order valence-corrected chi connectivity index (χ4v) is 2.78. The van der Waals surface area contributed by atoms with Gasteiger partial charge in [-0.25, -0.2) is 9.67 Å². The van der Waals surface area contributed by atoms with Crippen molar-refractivity contribution in [3.63, 3.8) is 0 Å². The van der Waals surface area contributed by atoms with E-state index in [2.05, 4.69) is 50.6 Å². The number of halogens is 4. The van der Waals surface area contributed by atoms with E-state index in [0.717, 1.165) is 15.2 Å². The van der Waals surface area contributed by atoms with Crippen molar-refractivity contribution < 1.29 is 17.9 Å². The SMILES string of the molecule is C[Si](C)(C)CCOCn1nc(-c2ccc(Br)cn2)nc1C(F)(F)F. The minimum Gasteiger partial charge on any atom is -0.359 e. The van der Waals surface area contributed by atoms with Crippen LogP contribution < -0.4 is 0 Å². The van der Waals surface area contributed by atoms with Gasteiger partial charge >= 0.3 is 6.18 Å². The fraction of sp³-hybridized carbons (Fsp3) is 0.500. The van der Waals surface area contributed by atoms with Gasteiger partial charge in [-0.3, -0.25) is 4.98 Å². The second-order valence-electron chi connectivity index (χ2n) is 6.47. The van der Waals surface area contributed by atoms with Crippen LogP contribution in [-0.4, -0.2) is 34.4 Å². The van der Waals surface area contributed by atoms with Crippen molar-refractivity contribution in [2.75, 3.05) is 6.61 Å². The number of pyridine rings is 1. The third-order valence-electron chi connectivity index (χ3n) is 3.09. The molecule has 24 heavy (non-hydrogen) atoms. The Labute approximate surface area is 147 Å². The van der Waals surface area contributed by atoms with Crippen LogP contribution in [0.3, 0.4) is 0 Å². The molecule has 0 unspecified atom stereocenters. The minimum atomic E-state index is -4.61. The molecule has 5 nitrogen and oxygen atoms in total. The van der Waals surface area contributed by atoms with Crippen molar-refractivity contribution in [3.8, 4) is 11.5 Å². The molecule has 0 aliphatic carbocycles. The van der Waals surface area contributed by atoms with Crippen LogP contribution in [0.1, 0.15) is 5.82 Å². The van der Waals surface area contributed by atoms with Crippen molar-refractivity contribution in [2.45, 2.75) is 38.6 Å². The van der Waals surface area contributed by atoms with E-state index in [1.54, 1.807) is 12.1 Å². The lowest BCUT2D eigenvalue weighted by molar-refractivity contribution is -0.150. The first kappa shape index (κ1) is 19.1. The summed E-state index contributed by atoms with van der Waals surface area (Å²) >= 11 is 3.22. The van der Waals surface area contributed by atoms with E-state index in [1.165, 1.54) is 6.20 Å². The summed E-state index contributed by atoms with van der Waals surface area (Å²) in [6, 6.07) is 4.08. The zero-order valence-electron chi connectivity index (χ0n) is 13.6. The highest BCUT2D eigenvalue weighted by atomic mass is 79.9. The molecule has 0 aliphatic heterocycles. The molecule has 0 saturated heterocycles. The number of hydrogen-bond acceptors (Lipinski definition) is 4. The molecule has 0 atom stereocenters. The zero-order valence-corrected chi connectivity index (χ0v) is 16.1.